The van der Waals surface area contributed by atoms with Crippen molar-refractivity contribution in [3.05, 3.63) is 39.9 Å². The van der Waals surface area contributed by atoms with Crippen LogP contribution in [0.25, 0.3) is 11.0 Å². The Balaban J connectivity index is 2.15. The van der Waals surface area contributed by atoms with Gasteiger partial charge in [0.1, 0.15) is 16.5 Å². The highest BCUT2D eigenvalue weighted by Gasteiger charge is 2.22. The van der Waals surface area contributed by atoms with Crippen molar-refractivity contribution in [2.45, 2.75) is 46.3 Å². The van der Waals surface area contributed by atoms with E-state index in [0.29, 0.717) is 24.0 Å². The molecule has 0 fully saturated rings. The van der Waals surface area contributed by atoms with Crippen LogP contribution in [-0.4, -0.2) is 37.3 Å². The summed E-state index contributed by atoms with van der Waals surface area (Å²) in [5.41, 5.74) is 9.28. The molecule has 8 heteroatoms. The molecule has 0 spiro atoms. The summed E-state index contributed by atoms with van der Waals surface area (Å²) in [5, 5.41) is 11.3. The first-order chi connectivity index (χ1) is 12.6. The molecule has 0 atom stereocenters. The van der Waals surface area contributed by atoms with Crippen molar-refractivity contribution in [2.24, 2.45) is 0 Å². The number of nitrogens with zero attached hydrogens (tertiary/aromatic N) is 4. The average molecular weight is 390 g/mol. The summed E-state index contributed by atoms with van der Waals surface area (Å²) in [4.78, 5) is 12.9. The van der Waals surface area contributed by atoms with E-state index in [4.69, 9.17) is 22.1 Å². The Morgan fingerprint density at radius 2 is 1.96 bits per heavy atom. The zero-order valence-electron chi connectivity index (χ0n) is 16.2. The van der Waals surface area contributed by atoms with E-state index in [0.717, 1.165) is 28.1 Å². The minimum atomic E-state index is -0.894. The van der Waals surface area contributed by atoms with Gasteiger partial charge in [0.25, 0.3) is 0 Å². The molecule has 3 aromatic heterocycles. The highest BCUT2D eigenvalue weighted by Crippen LogP contribution is 2.31. The molecule has 3 N–H and O–H groups in total. The third-order valence-electron chi connectivity index (χ3n) is 4.50. The maximum Gasteiger partial charge on any atom is 0.223 e. The van der Waals surface area contributed by atoms with Gasteiger partial charge >= 0.3 is 0 Å². The summed E-state index contributed by atoms with van der Waals surface area (Å²) >= 11 is 6.35. The van der Waals surface area contributed by atoms with Crippen LogP contribution in [-0.2, 0) is 13.0 Å². The molecule has 3 aromatic rings. The number of pyridine rings is 1. The lowest BCUT2D eigenvalue weighted by atomic mass is 9.99. The van der Waals surface area contributed by atoms with Gasteiger partial charge in [-0.2, -0.15) is 4.98 Å². The third-order valence-corrected chi connectivity index (χ3v) is 4.77. The fourth-order valence-electron chi connectivity index (χ4n) is 3.35. The number of hydrogen-bond donors (Lipinski definition) is 2. The number of aryl methyl sites for hydroxylation is 1. The van der Waals surface area contributed by atoms with E-state index < -0.39 is 5.60 Å². The van der Waals surface area contributed by atoms with Crippen LogP contribution < -0.4 is 10.5 Å². The maximum atomic E-state index is 10.3. The van der Waals surface area contributed by atoms with Crippen LogP contribution in [0.5, 0.6) is 5.75 Å². The van der Waals surface area contributed by atoms with Gasteiger partial charge in [-0.05, 0) is 44.4 Å². The fraction of sp³-hybridized carbons (Fsp3) is 0.421. The van der Waals surface area contributed by atoms with Crippen LogP contribution in [0.2, 0.25) is 5.15 Å². The smallest absolute Gasteiger partial charge is 0.223 e. The molecule has 144 valence electrons. The number of hydrogen-bond acceptors (Lipinski definition) is 6. The van der Waals surface area contributed by atoms with Crippen LogP contribution in [0, 0.1) is 13.8 Å². The SMILES string of the molecule is COc1c(C)ncc(Cn2cc(CC(C)(C)O)c3c(Cl)nc(N)nc32)c1C. The zero-order valence-corrected chi connectivity index (χ0v) is 16.9. The molecule has 27 heavy (non-hydrogen) atoms. The highest BCUT2D eigenvalue weighted by atomic mass is 35.5. The number of anilines is 1. The predicted octanol–water partition coefficient (Wildman–Crippen LogP) is 3.05. The van der Waals surface area contributed by atoms with Gasteiger partial charge in [0, 0.05) is 18.8 Å². The second-order valence-electron chi connectivity index (χ2n) is 7.37. The van der Waals surface area contributed by atoms with Crippen molar-refractivity contribution in [1.82, 2.24) is 19.5 Å². The van der Waals surface area contributed by atoms with Gasteiger partial charge in [-0.25, -0.2) is 4.98 Å². The Morgan fingerprint density at radius 3 is 2.59 bits per heavy atom. The van der Waals surface area contributed by atoms with E-state index in [-0.39, 0.29) is 11.1 Å². The molecule has 0 unspecified atom stereocenters. The summed E-state index contributed by atoms with van der Waals surface area (Å²) in [6.07, 6.45) is 4.19. The number of aromatic nitrogens is 4. The number of nitrogens with two attached hydrogens (primary N) is 1. The van der Waals surface area contributed by atoms with Crippen LogP contribution in [0.15, 0.2) is 12.4 Å². The normalized spacial score (nSPS) is 12.0. The van der Waals surface area contributed by atoms with Crippen LogP contribution >= 0.6 is 11.6 Å². The molecule has 0 aliphatic heterocycles. The predicted molar refractivity (Wildman–Crippen MR) is 106 cm³/mol. The largest absolute Gasteiger partial charge is 0.495 e. The van der Waals surface area contributed by atoms with Crippen molar-refractivity contribution in [3.8, 4) is 5.75 Å². The lowest BCUT2D eigenvalue weighted by molar-refractivity contribution is 0.0813. The molecule has 0 aliphatic carbocycles. The monoisotopic (exact) mass is 389 g/mol. The summed E-state index contributed by atoms with van der Waals surface area (Å²) in [6.45, 7) is 7.94. The lowest BCUT2D eigenvalue weighted by Gasteiger charge is -2.16. The first-order valence-electron chi connectivity index (χ1n) is 8.63. The molecule has 0 bridgehead atoms. The highest BCUT2D eigenvalue weighted by molar-refractivity contribution is 6.34. The van der Waals surface area contributed by atoms with E-state index in [2.05, 4.69) is 15.0 Å². The maximum absolute atomic E-state index is 10.3. The first-order valence-corrected chi connectivity index (χ1v) is 9.00. The molecule has 0 radical (unpaired) electrons. The minimum absolute atomic E-state index is 0.109. The second-order valence-corrected chi connectivity index (χ2v) is 7.73. The van der Waals surface area contributed by atoms with E-state index >= 15 is 0 Å². The number of halogens is 1. The van der Waals surface area contributed by atoms with Crippen molar-refractivity contribution >= 4 is 28.6 Å². The topological polar surface area (TPSA) is 99.1 Å². The number of ether oxygens (including phenoxy) is 1. The molecule has 3 heterocycles. The number of fused-ring (bicyclic) bond motifs is 1. The number of aliphatic hydroxyl groups is 1. The Bertz CT molecular complexity index is 1010. The van der Waals surface area contributed by atoms with Gasteiger partial charge in [0.05, 0.1) is 30.3 Å². The molecule has 7 nitrogen and oxygen atoms in total. The Kier molecular flexibility index (Phi) is 5.01. The third kappa shape index (κ3) is 3.84. The molecule has 0 aliphatic rings. The van der Waals surface area contributed by atoms with E-state index in [1.54, 1.807) is 21.0 Å². The quantitative estimate of drug-likeness (QED) is 0.650. The Hall–Kier alpha value is -2.38. The van der Waals surface area contributed by atoms with Gasteiger partial charge in [-0.1, -0.05) is 11.6 Å². The zero-order chi connectivity index (χ0) is 19.9. The van der Waals surface area contributed by atoms with Gasteiger partial charge in [0.2, 0.25) is 5.95 Å². The standard InChI is InChI=1S/C19H24ClN5O2/c1-10-13(7-22-11(2)15(10)27-5)9-25-8-12(6-19(3,4)26)14-16(20)23-18(21)24-17(14)25/h7-8,26H,6,9H2,1-5H3,(H2,21,23,24). The summed E-state index contributed by atoms with van der Waals surface area (Å²) < 4.78 is 7.44. The number of nitrogen functional groups attached to an aromatic ring is 1. The molecular weight excluding hydrogens is 366 g/mol. The molecule has 0 aromatic carbocycles. The van der Waals surface area contributed by atoms with Crippen LogP contribution in [0.1, 0.15) is 36.2 Å². The molecule has 3 rings (SSSR count). The van der Waals surface area contributed by atoms with Gasteiger partial charge in [-0.3, -0.25) is 4.98 Å². The van der Waals surface area contributed by atoms with E-state index in [1.165, 1.54) is 0 Å². The Morgan fingerprint density at radius 1 is 1.26 bits per heavy atom. The Labute approximate surface area is 163 Å². The number of rotatable bonds is 5. The average Bonchev–Trinajstić information content (AvgIpc) is 2.86. The van der Waals surface area contributed by atoms with Crippen LogP contribution in [0.3, 0.4) is 0 Å². The first kappa shape index (κ1) is 19.4. The molecular formula is C19H24ClN5O2. The van der Waals surface area contributed by atoms with Crippen LogP contribution in [0.4, 0.5) is 5.95 Å². The fourth-order valence-corrected chi connectivity index (χ4v) is 3.64. The molecule has 0 saturated heterocycles. The summed E-state index contributed by atoms with van der Waals surface area (Å²) in [5.74, 6) is 0.880. The molecule has 0 amide bonds. The second kappa shape index (κ2) is 6.98. The van der Waals surface area contributed by atoms with E-state index in [9.17, 15) is 5.11 Å². The van der Waals surface area contributed by atoms with Gasteiger partial charge in [0.15, 0.2) is 0 Å². The van der Waals surface area contributed by atoms with Crippen molar-refractivity contribution in [2.75, 3.05) is 12.8 Å². The van der Waals surface area contributed by atoms with Crippen molar-refractivity contribution in [3.63, 3.8) is 0 Å². The van der Waals surface area contributed by atoms with Crippen molar-refractivity contribution < 1.29 is 9.84 Å². The lowest BCUT2D eigenvalue weighted by Crippen LogP contribution is -2.21. The minimum Gasteiger partial charge on any atom is -0.495 e. The molecule has 0 saturated carbocycles. The van der Waals surface area contributed by atoms with Gasteiger partial charge in [-0.15, -0.1) is 0 Å². The van der Waals surface area contributed by atoms with Gasteiger partial charge < -0.3 is 20.1 Å². The van der Waals surface area contributed by atoms with E-state index in [1.807, 2.05) is 30.8 Å². The summed E-state index contributed by atoms with van der Waals surface area (Å²) in [7, 11) is 1.64. The summed E-state index contributed by atoms with van der Waals surface area (Å²) in [6, 6.07) is 0. The number of methoxy groups -OCH3 is 1. The van der Waals surface area contributed by atoms with Crippen molar-refractivity contribution in [1.29, 1.82) is 0 Å².